The summed E-state index contributed by atoms with van der Waals surface area (Å²) in [6, 6.07) is 13.7. The van der Waals surface area contributed by atoms with Gasteiger partial charge in [0, 0.05) is 49.3 Å². The van der Waals surface area contributed by atoms with Gasteiger partial charge in [0.15, 0.2) is 0 Å². The largest absolute Gasteiger partial charge is 0.507 e. The van der Waals surface area contributed by atoms with Gasteiger partial charge in [-0.1, -0.05) is 137 Å². The quantitative estimate of drug-likeness (QED) is 0.230. The zero-order valence-electron chi connectivity index (χ0n) is 32.6. The Kier molecular flexibility index (Phi) is 9.54. The van der Waals surface area contributed by atoms with Crippen molar-refractivity contribution in [3.05, 3.63) is 69.8 Å². The Balaban J connectivity index is 2.28. The molecule has 0 unspecified atom stereocenters. The minimum Gasteiger partial charge on any atom is -0.507 e. The maximum absolute atomic E-state index is 11.5. The second-order valence-electron chi connectivity index (χ2n) is 19.7. The Labute approximate surface area is 290 Å². The minimum absolute atomic E-state index is 0.0465. The molecule has 0 bridgehead atoms. The van der Waals surface area contributed by atoms with Crippen LogP contribution in [0.2, 0.25) is 0 Å². The van der Waals surface area contributed by atoms with E-state index >= 15 is 0 Å². The highest BCUT2D eigenvalue weighted by atomic mass is 32.7. The van der Waals surface area contributed by atoms with E-state index in [2.05, 4.69) is 161 Å². The first-order chi connectivity index (χ1) is 21.0. The van der Waals surface area contributed by atoms with E-state index in [9.17, 15) is 5.11 Å². The Bertz CT molecular complexity index is 1720. The van der Waals surface area contributed by atoms with Crippen molar-refractivity contribution in [3.8, 4) is 5.75 Å². The zero-order chi connectivity index (χ0) is 35.9. The molecule has 0 fully saturated rings. The van der Waals surface area contributed by atoms with Crippen molar-refractivity contribution in [1.29, 1.82) is 0 Å². The first-order valence-corrected chi connectivity index (χ1v) is 19.7. The molecule has 0 amide bonds. The molecule has 0 aliphatic carbocycles. The number of phenolic OH excluding ortho intramolecular Hbond substituents is 1. The summed E-state index contributed by atoms with van der Waals surface area (Å²) in [6.07, 6.45) is 0. The predicted octanol–water partition coefficient (Wildman–Crippen LogP) is 14.3. The predicted molar refractivity (Wildman–Crippen MR) is 208 cm³/mol. The van der Waals surface area contributed by atoms with Crippen LogP contribution in [0.4, 0.5) is 0 Å². The Morgan fingerprint density at radius 3 is 1.04 bits per heavy atom. The van der Waals surface area contributed by atoms with E-state index in [4.69, 9.17) is 8.39 Å². The van der Waals surface area contributed by atoms with E-state index in [1.807, 2.05) is 0 Å². The van der Waals surface area contributed by atoms with Gasteiger partial charge in [-0.25, -0.2) is 0 Å². The van der Waals surface area contributed by atoms with Crippen LogP contribution in [-0.4, -0.2) is 5.11 Å². The van der Waals surface area contributed by atoms with E-state index in [0.717, 1.165) is 38.0 Å². The van der Waals surface area contributed by atoms with Crippen LogP contribution < -0.4 is 0 Å². The standard InChI is InChI=1S/C42H61O3PS/c1-37(2,3)25-19-28-29-20-26(38(4,5)6)22-33(42(16,17)18)36(29)45-46(44-35(28)32(21-25)41(13,14)15)47-27-23-30(39(7,8)9)34(43)31(24-27)40(10,11)12/h19-24,43H,1-18H3. The first-order valence-electron chi connectivity index (χ1n) is 17.1. The Hall–Kier alpha value is -2.29. The molecule has 47 heavy (non-hydrogen) atoms. The molecule has 0 saturated carbocycles. The van der Waals surface area contributed by atoms with Crippen molar-refractivity contribution in [2.24, 2.45) is 0 Å². The lowest BCUT2D eigenvalue weighted by atomic mass is 9.77. The zero-order valence-corrected chi connectivity index (χ0v) is 34.3. The van der Waals surface area contributed by atoms with Crippen molar-refractivity contribution in [2.45, 2.75) is 162 Å². The van der Waals surface area contributed by atoms with Gasteiger partial charge in [0.05, 0.1) is 0 Å². The molecule has 0 aliphatic rings. The van der Waals surface area contributed by atoms with Crippen molar-refractivity contribution in [2.75, 3.05) is 0 Å². The molecule has 4 rings (SSSR count). The van der Waals surface area contributed by atoms with Gasteiger partial charge in [-0.05, 0) is 67.9 Å². The summed E-state index contributed by atoms with van der Waals surface area (Å²) in [4.78, 5) is 1.04. The summed E-state index contributed by atoms with van der Waals surface area (Å²) in [7, 11) is -1.52. The fourth-order valence-corrected chi connectivity index (χ4v) is 8.75. The first kappa shape index (κ1) is 37.5. The van der Waals surface area contributed by atoms with Gasteiger partial charge in [-0.3, -0.25) is 0 Å². The monoisotopic (exact) mass is 676 g/mol. The molecule has 0 spiro atoms. The normalized spacial score (nSPS) is 13.9. The molecule has 4 aromatic rings. The van der Waals surface area contributed by atoms with Crippen LogP contribution in [0.15, 0.2) is 49.7 Å². The maximum atomic E-state index is 11.5. The summed E-state index contributed by atoms with van der Waals surface area (Å²) in [5.41, 5.74) is 7.80. The summed E-state index contributed by atoms with van der Waals surface area (Å²) in [6.45, 7) is 40.3. The van der Waals surface area contributed by atoms with E-state index in [1.54, 1.807) is 11.4 Å². The van der Waals surface area contributed by atoms with Gasteiger partial charge in [0.25, 0.3) is 7.22 Å². The van der Waals surface area contributed by atoms with Crippen molar-refractivity contribution in [3.63, 3.8) is 0 Å². The third-order valence-electron chi connectivity index (χ3n) is 9.03. The summed E-state index contributed by atoms with van der Waals surface area (Å²) < 4.78 is 14.4. The van der Waals surface area contributed by atoms with Gasteiger partial charge >= 0.3 is 0 Å². The molecule has 1 N–H and O–H groups in total. The molecule has 5 heteroatoms. The van der Waals surface area contributed by atoms with Crippen LogP contribution in [0, 0.1) is 0 Å². The number of rotatable bonds is 2. The van der Waals surface area contributed by atoms with Crippen LogP contribution in [0.25, 0.3) is 21.9 Å². The summed E-state index contributed by atoms with van der Waals surface area (Å²) >= 11 is 1.64. The number of fused-ring (bicyclic) bond motifs is 3. The minimum atomic E-state index is -1.52. The van der Waals surface area contributed by atoms with Gasteiger partial charge < -0.3 is 13.5 Å². The molecular weight excluding hydrogens is 616 g/mol. The van der Waals surface area contributed by atoms with Crippen LogP contribution >= 0.6 is 18.6 Å². The third-order valence-corrected chi connectivity index (χ3v) is 11.8. The van der Waals surface area contributed by atoms with E-state index < -0.39 is 7.22 Å². The van der Waals surface area contributed by atoms with E-state index in [1.165, 1.54) is 22.3 Å². The van der Waals surface area contributed by atoms with Crippen LogP contribution in [0.3, 0.4) is 0 Å². The highest BCUT2D eigenvalue weighted by Gasteiger charge is 2.30. The highest BCUT2D eigenvalue weighted by Crippen LogP contribution is 2.54. The lowest BCUT2D eigenvalue weighted by molar-refractivity contribution is 0.422. The van der Waals surface area contributed by atoms with Crippen LogP contribution in [-0.2, 0) is 32.5 Å². The molecule has 1 heterocycles. The molecule has 0 aliphatic heterocycles. The maximum Gasteiger partial charge on any atom is 0.291 e. The second kappa shape index (κ2) is 11.9. The fourth-order valence-electron chi connectivity index (χ4n) is 5.93. The smallest absolute Gasteiger partial charge is 0.291 e. The van der Waals surface area contributed by atoms with Crippen LogP contribution in [0.5, 0.6) is 5.75 Å². The molecule has 3 aromatic carbocycles. The molecule has 1 aromatic heterocycles. The Morgan fingerprint density at radius 2 is 0.766 bits per heavy atom. The van der Waals surface area contributed by atoms with Gasteiger partial charge in [-0.2, -0.15) is 0 Å². The van der Waals surface area contributed by atoms with Crippen molar-refractivity contribution in [1.82, 2.24) is 0 Å². The number of hydrogen-bond acceptors (Lipinski definition) is 4. The molecule has 258 valence electrons. The molecule has 0 radical (unpaired) electrons. The van der Waals surface area contributed by atoms with E-state index in [0.29, 0.717) is 5.75 Å². The average Bonchev–Trinajstić information content (AvgIpc) is 3.01. The van der Waals surface area contributed by atoms with Crippen LogP contribution in [0.1, 0.15) is 158 Å². The topological polar surface area (TPSA) is 46.5 Å². The summed E-state index contributed by atoms with van der Waals surface area (Å²) in [5, 5.41) is 13.7. The second-order valence-corrected chi connectivity index (χ2v) is 22.6. The number of hydrogen-bond donors (Lipinski definition) is 1. The van der Waals surface area contributed by atoms with Crippen molar-refractivity contribution >= 4 is 40.5 Å². The highest BCUT2D eigenvalue weighted by molar-refractivity contribution is 8.49. The number of phenols is 1. The molecule has 3 nitrogen and oxygen atoms in total. The van der Waals surface area contributed by atoms with Gasteiger partial charge in [0.2, 0.25) is 0 Å². The molecule has 0 atom stereocenters. The fraction of sp³-hybridized carbons (Fsp3) is 0.571. The van der Waals surface area contributed by atoms with Gasteiger partial charge in [0.1, 0.15) is 16.9 Å². The molecule has 0 saturated heterocycles. The average molecular weight is 677 g/mol. The third kappa shape index (κ3) is 7.96. The molecular formula is C42H61O3PS. The summed E-state index contributed by atoms with van der Waals surface area (Å²) in [5.74, 6) is 0.384. The number of benzene rings is 3. The van der Waals surface area contributed by atoms with Gasteiger partial charge in [-0.15, -0.1) is 0 Å². The Morgan fingerprint density at radius 1 is 0.447 bits per heavy atom. The van der Waals surface area contributed by atoms with Crippen molar-refractivity contribution < 1.29 is 13.5 Å². The van der Waals surface area contributed by atoms with E-state index in [-0.39, 0.29) is 32.5 Å². The lowest BCUT2D eigenvalue weighted by Gasteiger charge is -2.28. The lowest BCUT2D eigenvalue weighted by Crippen LogP contribution is -2.17. The number of aromatic hydroxyl groups is 1. The SMILES string of the molecule is CC(C)(C)c1cc(C(C)(C)C)c2op(Sc3cc(C(C)(C)C)c(O)c(C(C)(C)C)c3)oc3c(C(C)(C)C)cc(C(C)(C)C)cc3c2c1.